The second-order valence-electron chi connectivity index (χ2n) is 8.22. The Labute approximate surface area is 217 Å². The van der Waals surface area contributed by atoms with Crippen LogP contribution in [0, 0.1) is 0 Å². The number of nitrogens with one attached hydrogen (secondary N) is 1. The Hall–Kier alpha value is -5.38. The Kier molecular flexibility index (Phi) is 6.85. The lowest BCUT2D eigenvalue weighted by Crippen LogP contribution is -2.07. The summed E-state index contributed by atoms with van der Waals surface area (Å²) in [6, 6.07) is 19.1. The van der Waals surface area contributed by atoms with Crippen LogP contribution in [0.2, 0.25) is 0 Å². The summed E-state index contributed by atoms with van der Waals surface area (Å²) in [6.07, 6.45) is 8.39. The molecule has 0 atom stereocenters. The molecule has 0 radical (unpaired) electrons. The Morgan fingerprint density at radius 3 is 2.13 bits per heavy atom. The first-order chi connectivity index (χ1) is 18.5. The fourth-order valence-electron chi connectivity index (χ4n) is 3.99. The lowest BCUT2D eigenvalue weighted by molar-refractivity contribution is -0.141. The summed E-state index contributed by atoms with van der Waals surface area (Å²) < 4.78 is 2.03. The smallest absolute Gasteiger partial charge is 0.332 e. The van der Waals surface area contributed by atoms with E-state index in [1.54, 1.807) is 18.6 Å². The number of aromatic nitrogens is 4. The summed E-state index contributed by atoms with van der Waals surface area (Å²) in [7, 11) is 0. The molecule has 10 heteroatoms. The molecule has 0 amide bonds. The van der Waals surface area contributed by atoms with Crippen molar-refractivity contribution >= 4 is 34.3 Å². The van der Waals surface area contributed by atoms with Crippen LogP contribution < -0.4 is 0 Å². The number of rotatable bonds is 7. The molecule has 5 rings (SSSR count). The van der Waals surface area contributed by atoms with Crippen molar-refractivity contribution in [3.05, 3.63) is 114 Å². The minimum Gasteiger partial charge on any atom is -0.343 e. The number of H-pyrrole nitrogens is 1. The molecular formula is C28H22N6O4. The largest absolute Gasteiger partial charge is 0.343 e. The van der Waals surface area contributed by atoms with Gasteiger partial charge in [-0.25, -0.2) is 14.6 Å². The number of para-hydroxylation sites is 1. The Morgan fingerprint density at radius 1 is 0.816 bits per heavy atom. The quantitative estimate of drug-likeness (QED) is 0.198. The molecule has 0 aliphatic heterocycles. The van der Waals surface area contributed by atoms with Gasteiger partial charge in [0.05, 0.1) is 23.7 Å². The van der Waals surface area contributed by atoms with Crippen molar-refractivity contribution in [3.63, 3.8) is 0 Å². The number of pyridine rings is 1. The van der Waals surface area contributed by atoms with Crippen molar-refractivity contribution in [3.8, 4) is 5.69 Å². The van der Waals surface area contributed by atoms with E-state index in [4.69, 9.17) is 9.68 Å². The van der Waals surface area contributed by atoms with Crippen LogP contribution in [0.4, 0.5) is 0 Å². The lowest BCUT2D eigenvalue weighted by Gasteiger charge is -2.08. The molecule has 0 bridgehead atoms. The van der Waals surface area contributed by atoms with Crippen LogP contribution in [0.15, 0.2) is 102 Å². The fourth-order valence-corrected chi connectivity index (χ4v) is 3.99. The Balaban J connectivity index is 1.60. The number of carbonyl (C=O) groups is 2. The SMILES string of the molecule is CC(=O)O/N=C(/c1ccc(-n2cc(/C(=N/OC(C)=O)c3ccncc3)c3ccccc32)cc1)c1cnc[nH]1. The van der Waals surface area contributed by atoms with Gasteiger partial charge >= 0.3 is 11.9 Å². The maximum absolute atomic E-state index is 11.6. The molecule has 188 valence electrons. The van der Waals surface area contributed by atoms with E-state index in [1.165, 1.54) is 20.2 Å². The number of hydrogen-bond donors (Lipinski definition) is 1. The third kappa shape index (κ3) is 5.09. The minimum absolute atomic E-state index is 0.441. The fraction of sp³-hybridized carbons (Fsp3) is 0.0714. The average Bonchev–Trinajstić information content (AvgIpc) is 3.59. The molecule has 0 aliphatic carbocycles. The van der Waals surface area contributed by atoms with Crippen molar-refractivity contribution in [1.82, 2.24) is 19.5 Å². The van der Waals surface area contributed by atoms with Crippen molar-refractivity contribution in [2.75, 3.05) is 0 Å². The molecule has 0 unspecified atom stereocenters. The summed E-state index contributed by atoms with van der Waals surface area (Å²) in [6.45, 7) is 2.59. The predicted molar refractivity (Wildman–Crippen MR) is 141 cm³/mol. The van der Waals surface area contributed by atoms with Crippen molar-refractivity contribution in [2.45, 2.75) is 13.8 Å². The standard InChI is InChI=1S/C28H22N6O4/c1-18(35)37-32-27(21-11-13-29-14-12-21)24-16-34(26-6-4-3-5-23(24)26)22-9-7-20(8-10-22)28(33-38-19(2)36)25-15-30-17-31-25/h3-17H,1-2H3,(H,30,31)/b32-27+,33-28-. The Morgan fingerprint density at radius 2 is 1.47 bits per heavy atom. The zero-order valence-corrected chi connectivity index (χ0v) is 20.5. The highest BCUT2D eigenvalue weighted by Gasteiger charge is 2.18. The summed E-state index contributed by atoms with van der Waals surface area (Å²) in [4.78, 5) is 44.0. The summed E-state index contributed by atoms with van der Waals surface area (Å²) in [5.41, 5.74) is 5.62. The van der Waals surface area contributed by atoms with Gasteiger partial charge in [0.25, 0.3) is 0 Å². The van der Waals surface area contributed by atoms with Gasteiger partial charge in [-0.15, -0.1) is 0 Å². The Bertz CT molecular complexity index is 1650. The summed E-state index contributed by atoms with van der Waals surface area (Å²) >= 11 is 0. The van der Waals surface area contributed by atoms with Crippen molar-refractivity contribution in [1.29, 1.82) is 0 Å². The molecule has 10 nitrogen and oxygen atoms in total. The molecule has 0 spiro atoms. The van der Waals surface area contributed by atoms with Gasteiger partial charge < -0.3 is 19.2 Å². The molecule has 0 saturated heterocycles. The third-order valence-electron chi connectivity index (χ3n) is 5.62. The molecule has 5 aromatic rings. The van der Waals surface area contributed by atoms with Gasteiger partial charge in [0.2, 0.25) is 0 Å². The maximum atomic E-state index is 11.6. The van der Waals surface area contributed by atoms with Gasteiger partial charge in [0.1, 0.15) is 11.4 Å². The first-order valence-corrected chi connectivity index (χ1v) is 11.6. The second kappa shape index (κ2) is 10.7. The highest BCUT2D eigenvalue weighted by molar-refractivity contribution is 6.19. The zero-order valence-electron chi connectivity index (χ0n) is 20.5. The van der Waals surface area contributed by atoms with Gasteiger partial charge in [-0.05, 0) is 30.3 Å². The van der Waals surface area contributed by atoms with Crippen LogP contribution in [0.1, 0.15) is 36.2 Å². The predicted octanol–water partition coefficient (Wildman–Crippen LogP) is 4.38. The van der Waals surface area contributed by atoms with Gasteiger partial charge in [0.15, 0.2) is 0 Å². The molecule has 1 N–H and O–H groups in total. The average molecular weight is 507 g/mol. The van der Waals surface area contributed by atoms with Crippen LogP contribution in [0.25, 0.3) is 16.6 Å². The number of fused-ring (bicyclic) bond motifs is 1. The van der Waals surface area contributed by atoms with E-state index in [0.717, 1.165) is 33.3 Å². The normalized spacial score (nSPS) is 11.9. The molecule has 3 aromatic heterocycles. The second-order valence-corrected chi connectivity index (χ2v) is 8.22. The van der Waals surface area contributed by atoms with E-state index in [0.29, 0.717) is 17.1 Å². The highest BCUT2D eigenvalue weighted by Crippen LogP contribution is 2.28. The van der Waals surface area contributed by atoms with E-state index in [1.807, 2.05) is 71.4 Å². The van der Waals surface area contributed by atoms with Crippen LogP contribution in [-0.2, 0) is 19.3 Å². The molecule has 0 fully saturated rings. The molecule has 2 aromatic carbocycles. The first kappa shape index (κ1) is 24.3. The number of carbonyl (C=O) groups excluding carboxylic acids is 2. The third-order valence-corrected chi connectivity index (χ3v) is 5.62. The molecular weight excluding hydrogens is 484 g/mol. The number of hydrogen-bond acceptors (Lipinski definition) is 8. The van der Waals surface area contributed by atoms with Crippen molar-refractivity contribution < 1.29 is 19.3 Å². The summed E-state index contributed by atoms with van der Waals surface area (Å²) in [5.74, 6) is -1.04. The van der Waals surface area contributed by atoms with E-state index >= 15 is 0 Å². The van der Waals surface area contributed by atoms with Gasteiger partial charge in [-0.1, -0.05) is 40.6 Å². The van der Waals surface area contributed by atoms with Crippen LogP contribution >= 0.6 is 0 Å². The monoisotopic (exact) mass is 506 g/mol. The zero-order chi connectivity index (χ0) is 26.5. The number of nitrogens with zero attached hydrogens (tertiary/aromatic N) is 5. The maximum Gasteiger partial charge on any atom is 0.332 e. The van der Waals surface area contributed by atoms with E-state index in [9.17, 15) is 9.59 Å². The molecule has 0 saturated carbocycles. The molecule has 38 heavy (non-hydrogen) atoms. The van der Waals surface area contributed by atoms with E-state index in [-0.39, 0.29) is 0 Å². The first-order valence-electron chi connectivity index (χ1n) is 11.6. The lowest BCUT2D eigenvalue weighted by atomic mass is 10.0. The topological polar surface area (TPSA) is 124 Å². The van der Waals surface area contributed by atoms with Gasteiger partial charge in [-0.3, -0.25) is 4.98 Å². The number of aromatic amines is 1. The highest BCUT2D eigenvalue weighted by atomic mass is 16.7. The minimum atomic E-state index is -0.523. The van der Waals surface area contributed by atoms with Crippen molar-refractivity contribution in [2.24, 2.45) is 10.3 Å². The number of benzene rings is 2. The van der Waals surface area contributed by atoms with Gasteiger partial charge in [0, 0.05) is 60.2 Å². The van der Waals surface area contributed by atoms with Crippen LogP contribution in [0.3, 0.4) is 0 Å². The molecule has 0 aliphatic rings. The van der Waals surface area contributed by atoms with Crippen LogP contribution in [-0.4, -0.2) is 42.9 Å². The number of oxime groups is 2. The summed E-state index contributed by atoms with van der Waals surface area (Å²) in [5, 5.41) is 9.12. The van der Waals surface area contributed by atoms with Gasteiger partial charge in [-0.2, -0.15) is 0 Å². The van der Waals surface area contributed by atoms with E-state index < -0.39 is 11.9 Å². The van der Waals surface area contributed by atoms with Crippen LogP contribution in [0.5, 0.6) is 0 Å². The van der Waals surface area contributed by atoms with E-state index in [2.05, 4.69) is 25.3 Å². The number of imidazole rings is 1. The molecule has 3 heterocycles.